The average Bonchev–Trinajstić information content (AvgIpc) is 3.10. The molecule has 1 unspecified atom stereocenters. The van der Waals surface area contributed by atoms with Gasteiger partial charge < -0.3 is 14.5 Å². The molecule has 7 nitrogen and oxygen atoms in total. The van der Waals surface area contributed by atoms with Gasteiger partial charge in [-0.2, -0.15) is 0 Å². The lowest BCUT2D eigenvalue weighted by molar-refractivity contribution is -0.142. The fraction of sp³-hybridized carbons (Fsp3) is 0.737. The number of piperidine rings is 1. The van der Waals surface area contributed by atoms with Crippen LogP contribution in [0.2, 0.25) is 0 Å². The number of carbonyl (C=O) groups excluding carboxylic acids is 2. The van der Waals surface area contributed by atoms with Crippen LogP contribution in [0, 0.1) is 12.8 Å². The summed E-state index contributed by atoms with van der Waals surface area (Å²) in [5.41, 5.74) is 2.91. The van der Waals surface area contributed by atoms with Crippen LogP contribution in [0.5, 0.6) is 0 Å². The minimum atomic E-state index is -0.0834. The van der Waals surface area contributed by atoms with Crippen LogP contribution in [0.25, 0.3) is 0 Å². The highest BCUT2D eigenvalue weighted by atomic mass is 32.1. The Labute approximate surface area is 165 Å². The number of likely N-dealkylation sites (tertiary alicyclic amines) is 1. The fourth-order valence-corrected chi connectivity index (χ4v) is 4.45. The van der Waals surface area contributed by atoms with Gasteiger partial charge in [-0.25, -0.2) is 4.98 Å². The molecule has 0 saturated carbocycles. The number of amides is 2. The van der Waals surface area contributed by atoms with E-state index in [4.69, 9.17) is 4.74 Å². The molecule has 0 aliphatic carbocycles. The zero-order valence-corrected chi connectivity index (χ0v) is 17.2. The van der Waals surface area contributed by atoms with Crippen LogP contribution in [-0.4, -0.2) is 91.0 Å². The van der Waals surface area contributed by atoms with Gasteiger partial charge in [0.15, 0.2) is 0 Å². The first-order valence-corrected chi connectivity index (χ1v) is 10.6. The second-order valence-corrected chi connectivity index (χ2v) is 8.34. The number of aromatic nitrogens is 1. The van der Waals surface area contributed by atoms with Gasteiger partial charge in [0, 0.05) is 64.0 Å². The number of rotatable bonds is 7. The Morgan fingerprint density at radius 1 is 1.37 bits per heavy atom. The number of ether oxygens (including phenoxy) is 1. The van der Waals surface area contributed by atoms with Crippen molar-refractivity contribution in [2.24, 2.45) is 5.92 Å². The number of likely N-dealkylation sites (N-methyl/N-ethyl adjacent to an activating group) is 1. The van der Waals surface area contributed by atoms with E-state index in [0.717, 1.165) is 45.0 Å². The highest BCUT2D eigenvalue weighted by molar-refractivity contribution is 7.09. The molecule has 0 radical (unpaired) electrons. The van der Waals surface area contributed by atoms with Crippen LogP contribution in [0.15, 0.2) is 5.51 Å². The van der Waals surface area contributed by atoms with E-state index < -0.39 is 0 Å². The Morgan fingerprint density at radius 3 is 2.85 bits per heavy atom. The summed E-state index contributed by atoms with van der Waals surface area (Å²) in [6.45, 7) is 8.17. The lowest BCUT2D eigenvalue weighted by Crippen LogP contribution is -2.49. The summed E-state index contributed by atoms with van der Waals surface area (Å²) in [7, 11) is 1.87. The lowest BCUT2D eigenvalue weighted by Gasteiger charge is -2.35. The third-order valence-electron chi connectivity index (χ3n) is 5.53. The van der Waals surface area contributed by atoms with Crippen molar-refractivity contribution < 1.29 is 14.3 Å². The van der Waals surface area contributed by atoms with E-state index in [-0.39, 0.29) is 17.7 Å². The minimum Gasteiger partial charge on any atom is -0.379 e. The third kappa shape index (κ3) is 5.49. The Balaban J connectivity index is 1.47. The number of hydrogen-bond acceptors (Lipinski definition) is 6. The number of nitrogens with zero attached hydrogens (tertiary/aromatic N) is 4. The molecule has 3 heterocycles. The molecule has 2 aliphatic rings. The molecule has 0 aromatic carbocycles. The predicted octanol–water partition coefficient (Wildman–Crippen LogP) is 1.02. The predicted molar refractivity (Wildman–Crippen MR) is 105 cm³/mol. The molecule has 3 rings (SSSR count). The quantitative estimate of drug-likeness (QED) is 0.691. The van der Waals surface area contributed by atoms with E-state index in [9.17, 15) is 9.59 Å². The van der Waals surface area contributed by atoms with E-state index in [0.29, 0.717) is 32.5 Å². The minimum absolute atomic E-state index is 0.0834. The van der Waals surface area contributed by atoms with Gasteiger partial charge in [0.2, 0.25) is 11.8 Å². The van der Waals surface area contributed by atoms with E-state index in [1.807, 2.05) is 29.3 Å². The van der Waals surface area contributed by atoms with E-state index in [1.165, 1.54) is 4.88 Å². The Morgan fingerprint density at radius 2 is 2.15 bits per heavy atom. The summed E-state index contributed by atoms with van der Waals surface area (Å²) in [6, 6.07) is 0. The zero-order valence-electron chi connectivity index (χ0n) is 16.4. The highest BCUT2D eigenvalue weighted by Gasteiger charge is 2.31. The Kier molecular flexibility index (Phi) is 7.20. The molecule has 0 bridgehead atoms. The second kappa shape index (κ2) is 9.61. The Hall–Kier alpha value is -1.51. The van der Waals surface area contributed by atoms with Gasteiger partial charge in [-0.3, -0.25) is 14.5 Å². The molecule has 8 heteroatoms. The van der Waals surface area contributed by atoms with Crippen molar-refractivity contribution in [3.05, 3.63) is 16.1 Å². The van der Waals surface area contributed by atoms with Crippen molar-refractivity contribution in [1.82, 2.24) is 19.7 Å². The molecule has 27 heavy (non-hydrogen) atoms. The number of carbonyl (C=O) groups is 2. The summed E-state index contributed by atoms with van der Waals surface area (Å²) in [4.78, 5) is 36.6. The van der Waals surface area contributed by atoms with Crippen molar-refractivity contribution >= 4 is 23.2 Å². The SMILES string of the molecule is Cc1ncsc1CCN(C)C(=O)C1CCC(=O)N(CCN2CCOCC2)C1. The van der Waals surface area contributed by atoms with Gasteiger partial charge in [0.1, 0.15) is 0 Å². The summed E-state index contributed by atoms with van der Waals surface area (Å²) in [5.74, 6) is 0.247. The van der Waals surface area contributed by atoms with Gasteiger partial charge in [0.05, 0.1) is 30.3 Å². The van der Waals surface area contributed by atoms with Crippen molar-refractivity contribution in [3.8, 4) is 0 Å². The molecule has 2 aliphatic heterocycles. The van der Waals surface area contributed by atoms with Crippen LogP contribution in [0.4, 0.5) is 0 Å². The van der Waals surface area contributed by atoms with E-state index >= 15 is 0 Å². The summed E-state index contributed by atoms with van der Waals surface area (Å²) in [6.07, 6.45) is 1.97. The molecule has 1 atom stereocenters. The maximum absolute atomic E-state index is 12.8. The third-order valence-corrected chi connectivity index (χ3v) is 6.53. The van der Waals surface area contributed by atoms with Gasteiger partial charge in [-0.15, -0.1) is 11.3 Å². The van der Waals surface area contributed by atoms with Crippen molar-refractivity contribution in [2.45, 2.75) is 26.2 Å². The van der Waals surface area contributed by atoms with Crippen LogP contribution in [0.1, 0.15) is 23.4 Å². The molecule has 2 amide bonds. The Bertz CT molecular complexity index is 645. The summed E-state index contributed by atoms with van der Waals surface area (Å²) < 4.78 is 5.37. The molecular formula is C19H30N4O3S. The summed E-state index contributed by atoms with van der Waals surface area (Å²) in [5, 5.41) is 0. The van der Waals surface area contributed by atoms with E-state index in [2.05, 4.69) is 9.88 Å². The topological polar surface area (TPSA) is 66.0 Å². The first-order valence-electron chi connectivity index (χ1n) is 9.76. The second-order valence-electron chi connectivity index (χ2n) is 7.40. The standard InChI is InChI=1S/C19H30N4O3S/c1-15-17(27-14-20-15)5-6-21(2)19(25)16-3-4-18(24)23(13-16)8-7-22-9-11-26-12-10-22/h14,16H,3-13H2,1-2H3. The molecule has 0 spiro atoms. The van der Waals surface area contributed by atoms with Crippen molar-refractivity contribution in [2.75, 3.05) is 59.5 Å². The van der Waals surface area contributed by atoms with Crippen molar-refractivity contribution in [3.63, 3.8) is 0 Å². The first-order chi connectivity index (χ1) is 13.0. The molecule has 2 fully saturated rings. The molecule has 1 aromatic rings. The molecule has 150 valence electrons. The normalized spacial score (nSPS) is 21.5. The number of morpholine rings is 1. The van der Waals surface area contributed by atoms with Gasteiger partial charge in [0.25, 0.3) is 0 Å². The number of hydrogen-bond donors (Lipinski definition) is 0. The maximum Gasteiger partial charge on any atom is 0.227 e. The van der Waals surface area contributed by atoms with Crippen LogP contribution in [-0.2, 0) is 20.7 Å². The van der Waals surface area contributed by atoms with Crippen LogP contribution < -0.4 is 0 Å². The van der Waals surface area contributed by atoms with Crippen LogP contribution in [0.3, 0.4) is 0 Å². The lowest BCUT2D eigenvalue weighted by atomic mass is 9.96. The first kappa shape index (κ1) is 20.2. The van der Waals surface area contributed by atoms with Gasteiger partial charge in [-0.05, 0) is 13.3 Å². The highest BCUT2D eigenvalue weighted by Crippen LogP contribution is 2.20. The monoisotopic (exact) mass is 394 g/mol. The largest absolute Gasteiger partial charge is 0.379 e. The zero-order chi connectivity index (χ0) is 19.2. The maximum atomic E-state index is 12.8. The van der Waals surface area contributed by atoms with Gasteiger partial charge in [-0.1, -0.05) is 0 Å². The molecular weight excluding hydrogens is 364 g/mol. The van der Waals surface area contributed by atoms with Crippen LogP contribution >= 0.6 is 11.3 Å². The van der Waals surface area contributed by atoms with E-state index in [1.54, 1.807) is 11.3 Å². The van der Waals surface area contributed by atoms with Gasteiger partial charge >= 0.3 is 0 Å². The average molecular weight is 395 g/mol. The molecule has 2 saturated heterocycles. The molecule has 1 aromatic heterocycles. The number of thiazole rings is 1. The molecule has 0 N–H and O–H groups in total. The van der Waals surface area contributed by atoms with Crippen molar-refractivity contribution in [1.29, 1.82) is 0 Å². The smallest absolute Gasteiger partial charge is 0.227 e. The fourth-order valence-electron chi connectivity index (χ4n) is 3.68. The summed E-state index contributed by atoms with van der Waals surface area (Å²) >= 11 is 1.64. The number of aryl methyl sites for hydroxylation is 1.